The highest BCUT2D eigenvalue weighted by Gasteiger charge is 2.41. The van der Waals surface area contributed by atoms with Crippen LogP contribution in [-0.4, -0.2) is 16.9 Å². The van der Waals surface area contributed by atoms with Crippen molar-refractivity contribution >= 4 is 33.8 Å². The Hall–Kier alpha value is -4.12. The van der Waals surface area contributed by atoms with Gasteiger partial charge in [-0.05, 0) is 52.4 Å². The van der Waals surface area contributed by atoms with E-state index in [2.05, 4.69) is 37.4 Å². The van der Waals surface area contributed by atoms with Gasteiger partial charge in [-0.3, -0.25) is 4.79 Å². The van der Waals surface area contributed by atoms with Crippen LogP contribution in [0, 0.1) is 5.41 Å². The van der Waals surface area contributed by atoms with Crippen molar-refractivity contribution in [2.75, 3.05) is 5.32 Å². The number of furan rings is 1. The molecule has 2 heterocycles. The van der Waals surface area contributed by atoms with Gasteiger partial charge in [0.25, 0.3) is 0 Å². The second-order valence-electron chi connectivity index (χ2n) is 10.2. The predicted molar refractivity (Wildman–Crippen MR) is 136 cm³/mol. The first-order valence-corrected chi connectivity index (χ1v) is 11.8. The lowest BCUT2D eigenvalue weighted by Gasteiger charge is -2.39. The van der Waals surface area contributed by atoms with E-state index in [1.54, 1.807) is 24.3 Å². The molecule has 0 bridgehead atoms. The van der Waals surface area contributed by atoms with Crippen LogP contribution in [0.1, 0.15) is 54.4 Å². The van der Waals surface area contributed by atoms with Crippen LogP contribution < -0.4 is 5.32 Å². The SMILES string of the molecule is CC1(C)CC(=O)C2=C(C1)[C@H](c1ccc(-c3ccccc3C(=O)O)o1)Nc1ccc3ccccc3c12. The van der Waals surface area contributed by atoms with Gasteiger partial charge in [-0.2, -0.15) is 0 Å². The molecule has 1 aromatic heterocycles. The molecule has 5 nitrogen and oxygen atoms in total. The smallest absolute Gasteiger partial charge is 0.336 e. The Morgan fingerprint density at radius 3 is 2.57 bits per heavy atom. The van der Waals surface area contributed by atoms with Crippen molar-refractivity contribution in [3.05, 3.63) is 95.3 Å². The van der Waals surface area contributed by atoms with E-state index in [9.17, 15) is 14.7 Å². The summed E-state index contributed by atoms with van der Waals surface area (Å²) >= 11 is 0. The van der Waals surface area contributed by atoms with Crippen molar-refractivity contribution in [2.45, 2.75) is 32.7 Å². The number of benzene rings is 3. The number of allylic oxidation sites excluding steroid dienone is 1. The number of Topliss-reactive ketones (excluding diaryl/α,β-unsaturated/α-hetero) is 1. The molecule has 2 N–H and O–H groups in total. The molecule has 3 aromatic carbocycles. The van der Waals surface area contributed by atoms with E-state index in [4.69, 9.17) is 4.42 Å². The van der Waals surface area contributed by atoms with Crippen molar-refractivity contribution in [3.63, 3.8) is 0 Å². The van der Waals surface area contributed by atoms with E-state index in [0.29, 0.717) is 23.5 Å². The first-order valence-electron chi connectivity index (χ1n) is 11.8. The second kappa shape index (κ2) is 7.70. The molecule has 1 aliphatic heterocycles. The Morgan fingerprint density at radius 2 is 1.74 bits per heavy atom. The van der Waals surface area contributed by atoms with Crippen molar-refractivity contribution in [3.8, 4) is 11.3 Å². The van der Waals surface area contributed by atoms with Gasteiger partial charge in [-0.25, -0.2) is 4.79 Å². The summed E-state index contributed by atoms with van der Waals surface area (Å²) in [7, 11) is 0. The molecule has 0 unspecified atom stereocenters. The summed E-state index contributed by atoms with van der Waals surface area (Å²) < 4.78 is 6.28. The van der Waals surface area contributed by atoms with E-state index in [1.165, 1.54) is 0 Å². The summed E-state index contributed by atoms with van der Waals surface area (Å²) in [5.74, 6) is 0.313. The van der Waals surface area contributed by atoms with Crippen LogP contribution in [0.15, 0.2) is 82.8 Å². The minimum atomic E-state index is -1.00. The third-order valence-corrected chi connectivity index (χ3v) is 7.07. The van der Waals surface area contributed by atoms with Gasteiger partial charge in [-0.1, -0.05) is 62.4 Å². The van der Waals surface area contributed by atoms with Crippen molar-refractivity contribution in [1.29, 1.82) is 0 Å². The Balaban J connectivity index is 1.53. The summed E-state index contributed by atoms with van der Waals surface area (Å²) in [5, 5.41) is 15.4. The zero-order valence-electron chi connectivity index (χ0n) is 19.6. The van der Waals surface area contributed by atoms with Gasteiger partial charge in [0.1, 0.15) is 17.6 Å². The number of rotatable bonds is 3. The molecule has 6 rings (SSSR count). The van der Waals surface area contributed by atoms with Crippen LogP contribution in [0.25, 0.3) is 27.7 Å². The highest BCUT2D eigenvalue weighted by Crippen LogP contribution is 2.52. The van der Waals surface area contributed by atoms with Gasteiger partial charge in [0.05, 0.1) is 5.56 Å². The maximum atomic E-state index is 13.6. The van der Waals surface area contributed by atoms with E-state index in [0.717, 1.165) is 39.6 Å². The number of carboxylic acid groups (broad SMARTS) is 1. The predicted octanol–water partition coefficient (Wildman–Crippen LogP) is 7.11. The summed E-state index contributed by atoms with van der Waals surface area (Å²) in [6, 6.07) is 22.5. The minimum absolute atomic E-state index is 0.156. The molecule has 2 aliphatic rings. The lowest BCUT2D eigenvalue weighted by molar-refractivity contribution is -0.116. The lowest BCUT2D eigenvalue weighted by Crippen LogP contribution is -2.32. The number of carbonyl (C=O) groups is 2. The standard InChI is InChI=1S/C30H25NO4/c1-30(2)15-21-27(23(32)16-30)26-18-8-4-3-7-17(18)11-12-22(26)31-28(21)25-14-13-24(35-25)19-9-5-6-10-20(19)29(33)34/h3-14,28,31H,15-16H2,1-2H3,(H,33,34)/t28-/m1/s1. The first-order chi connectivity index (χ1) is 16.8. The molecule has 0 saturated carbocycles. The number of ketones is 1. The number of hydrogen-bond donors (Lipinski definition) is 2. The fourth-order valence-corrected chi connectivity index (χ4v) is 5.60. The molecular formula is C30H25NO4. The molecular weight excluding hydrogens is 438 g/mol. The monoisotopic (exact) mass is 463 g/mol. The first kappa shape index (κ1) is 21.4. The maximum Gasteiger partial charge on any atom is 0.336 e. The van der Waals surface area contributed by atoms with Crippen molar-refractivity contribution in [2.24, 2.45) is 5.41 Å². The molecule has 0 saturated heterocycles. The summed E-state index contributed by atoms with van der Waals surface area (Å²) in [6.07, 6.45) is 1.26. The second-order valence-corrected chi connectivity index (χ2v) is 10.2. The molecule has 0 amide bonds. The summed E-state index contributed by atoms with van der Waals surface area (Å²) in [5.41, 5.74) is 4.26. The number of hydrogen-bond acceptors (Lipinski definition) is 4. The average Bonchev–Trinajstić information content (AvgIpc) is 3.32. The zero-order valence-corrected chi connectivity index (χ0v) is 19.6. The third-order valence-electron chi connectivity index (χ3n) is 7.07. The van der Waals surface area contributed by atoms with Gasteiger partial charge in [-0.15, -0.1) is 0 Å². The Morgan fingerprint density at radius 1 is 0.971 bits per heavy atom. The summed E-state index contributed by atoms with van der Waals surface area (Å²) in [6.45, 7) is 4.25. The molecule has 5 heteroatoms. The van der Waals surface area contributed by atoms with E-state index >= 15 is 0 Å². The highest BCUT2D eigenvalue weighted by molar-refractivity contribution is 6.28. The average molecular weight is 464 g/mol. The van der Waals surface area contributed by atoms with Crippen LogP contribution in [0.2, 0.25) is 0 Å². The van der Waals surface area contributed by atoms with Gasteiger partial charge in [0.15, 0.2) is 5.78 Å². The quantitative estimate of drug-likeness (QED) is 0.338. The van der Waals surface area contributed by atoms with E-state index < -0.39 is 5.97 Å². The topological polar surface area (TPSA) is 79.5 Å². The number of carbonyl (C=O) groups excluding carboxylic acids is 1. The summed E-state index contributed by atoms with van der Waals surface area (Å²) in [4.78, 5) is 25.3. The molecule has 4 aromatic rings. The molecule has 174 valence electrons. The number of aromatic carboxylic acids is 1. The van der Waals surface area contributed by atoms with Crippen LogP contribution >= 0.6 is 0 Å². The molecule has 1 atom stereocenters. The Labute approximate surface area is 203 Å². The number of carboxylic acids is 1. The largest absolute Gasteiger partial charge is 0.478 e. The van der Waals surface area contributed by atoms with Crippen LogP contribution in [-0.2, 0) is 4.79 Å². The van der Waals surface area contributed by atoms with Crippen LogP contribution in [0.4, 0.5) is 5.69 Å². The maximum absolute atomic E-state index is 13.6. The van der Waals surface area contributed by atoms with Crippen molar-refractivity contribution < 1.29 is 19.1 Å². The molecule has 0 fully saturated rings. The van der Waals surface area contributed by atoms with Gasteiger partial charge in [0.2, 0.25) is 0 Å². The molecule has 0 radical (unpaired) electrons. The van der Waals surface area contributed by atoms with Gasteiger partial charge in [0, 0.05) is 28.8 Å². The Bertz CT molecular complexity index is 1560. The van der Waals surface area contributed by atoms with Gasteiger partial charge < -0.3 is 14.8 Å². The van der Waals surface area contributed by atoms with E-state index in [1.807, 2.05) is 30.3 Å². The Kier molecular flexibility index (Phi) is 4.71. The lowest BCUT2D eigenvalue weighted by atomic mass is 9.68. The zero-order chi connectivity index (χ0) is 24.3. The fraction of sp³-hybridized carbons (Fsp3) is 0.200. The fourth-order valence-electron chi connectivity index (χ4n) is 5.60. The number of anilines is 1. The normalized spacial score (nSPS) is 18.7. The highest BCUT2D eigenvalue weighted by atomic mass is 16.4. The van der Waals surface area contributed by atoms with E-state index in [-0.39, 0.29) is 22.8 Å². The van der Waals surface area contributed by atoms with Crippen molar-refractivity contribution in [1.82, 2.24) is 0 Å². The molecule has 35 heavy (non-hydrogen) atoms. The van der Waals surface area contributed by atoms with Gasteiger partial charge >= 0.3 is 5.97 Å². The molecule has 0 spiro atoms. The van der Waals surface area contributed by atoms with Crippen LogP contribution in [0.3, 0.4) is 0 Å². The molecule has 1 aliphatic carbocycles. The third kappa shape index (κ3) is 3.46. The number of nitrogens with one attached hydrogen (secondary N) is 1. The minimum Gasteiger partial charge on any atom is -0.478 e. The number of fused-ring (bicyclic) bond motifs is 4. The van der Waals surface area contributed by atoms with Crippen LogP contribution in [0.5, 0.6) is 0 Å².